The summed E-state index contributed by atoms with van der Waals surface area (Å²) in [6.07, 6.45) is 0.617. The van der Waals surface area contributed by atoms with Crippen LogP contribution < -0.4 is 4.90 Å². The molecule has 0 aromatic heterocycles. The average molecular weight is 528 g/mol. The first kappa shape index (κ1) is 26.5. The summed E-state index contributed by atoms with van der Waals surface area (Å²) in [6, 6.07) is 12.3. The van der Waals surface area contributed by atoms with E-state index in [-0.39, 0.29) is 23.6 Å². The van der Waals surface area contributed by atoms with Gasteiger partial charge in [-0.15, -0.1) is 0 Å². The number of carbonyl (C=O) groups excluding carboxylic acids is 3. The van der Waals surface area contributed by atoms with Crippen LogP contribution >= 0.6 is 0 Å². The van der Waals surface area contributed by atoms with Crippen molar-refractivity contribution in [3.05, 3.63) is 65.2 Å². The number of methoxy groups -OCH3 is 1. The van der Waals surface area contributed by atoms with Gasteiger partial charge in [-0.2, -0.15) is 0 Å². The Kier molecular flexibility index (Phi) is 6.97. The molecule has 2 aliphatic heterocycles. The van der Waals surface area contributed by atoms with Gasteiger partial charge < -0.3 is 19.6 Å². The second kappa shape index (κ2) is 9.73. The number of Topliss-reactive ketones (excluding diaryl/α,β-unsaturated/α-hetero) is 1. The minimum absolute atomic E-state index is 0.00809. The summed E-state index contributed by atoms with van der Waals surface area (Å²) in [5.74, 6) is -3.15. The highest BCUT2D eigenvalue weighted by Crippen LogP contribution is 2.53. The topological polar surface area (TPSA) is 125 Å². The molecule has 0 bridgehead atoms. The summed E-state index contributed by atoms with van der Waals surface area (Å²) in [7, 11) is 0.325. The van der Waals surface area contributed by atoms with Crippen molar-refractivity contribution in [3.63, 3.8) is 0 Å². The van der Waals surface area contributed by atoms with E-state index in [2.05, 4.69) is 0 Å². The Morgan fingerprint density at radius 1 is 1.05 bits per heavy atom. The molecule has 0 aliphatic carbocycles. The van der Waals surface area contributed by atoms with E-state index in [0.29, 0.717) is 24.2 Å². The van der Waals surface area contributed by atoms with E-state index in [9.17, 15) is 27.9 Å². The number of aliphatic hydroxyl groups is 1. The SMILES string of the molecule is CCCN1C(=O)C2(/C(=C(/O)c3cccc(S(=O)(=O)N(C)C)c3)C(=O)C(=O)N2CCOC)c2ccccc21. The molecule has 4 rings (SSSR count). The zero-order chi connectivity index (χ0) is 27.1. The summed E-state index contributed by atoms with van der Waals surface area (Å²) < 4.78 is 31.6. The van der Waals surface area contributed by atoms with E-state index in [1.807, 2.05) is 6.92 Å². The monoisotopic (exact) mass is 527 g/mol. The lowest BCUT2D eigenvalue weighted by Crippen LogP contribution is -2.52. The quantitative estimate of drug-likeness (QED) is 0.316. The lowest BCUT2D eigenvalue weighted by atomic mass is 9.82. The molecule has 1 spiro atoms. The van der Waals surface area contributed by atoms with Gasteiger partial charge in [0.05, 0.1) is 22.8 Å². The van der Waals surface area contributed by atoms with Crippen LogP contribution in [0.4, 0.5) is 5.69 Å². The molecule has 1 N–H and O–H groups in total. The Labute approximate surface area is 215 Å². The molecule has 1 fully saturated rings. The lowest BCUT2D eigenvalue weighted by Gasteiger charge is -2.34. The number of para-hydroxylation sites is 1. The average Bonchev–Trinajstić information content (AvgIpc) is 3.26. The van der Waals surface area contributed by atoms with Gasteiger partial charge in [0.25, 0.3) is 17.6 Å². The van der Waals surface area contributed by atoms with E-state index in [1.165, 1.54) is 50.4 Å². The smallest absolute Gasteiger partial charge is 0.296 e. The second-order valence-corrected chi connectivity index (χ2v) is 11.2. The molecule has 2 aliphatic rings. The number of anilines is 1. The van der Waals surface area contributed by atoms with Crippen LogP contribution in [-0.4, -0.2) is 81.2 Å². The highest BCUT2D eigenvalue weighted by atomic mass is 32.2. The number of likely N-dealkylation sites (tertiary alicyclic amines) is 1. The largest absolute Gasteiger partial charge is 0.507 e. The van der Waals surface area contributed by atoms with Crippen molar-refractivity contribution in [2.24, 2.45) is 0 Å². The zero-order valence-corrected chi connectivity index (χ0v) is 21.9. The first-order chi connectivity index (χ1) is 17.5. The van der Waals surface area contributed by atoms with E-state index in [1.54, 1.807) is 24.3 Å². The van der Waals surface area contributed by atoms with Crippen LogP contribution in [0.25, 0.3) is 5.76 Å². The van der Waals surface area contributed by atoms with Crippen LogP contribution in [0.1, 0.15) is 24.5 Å². The lowest BCUT2D eigenvalue weighted by molar-refractivity contribution is -0.144. The van der Waals surface area contributed by atoms with Crippen molar-refractivity contribution in [2.45, 2.75) is 23.8 Å². The Morgan fingerprint density at radius 3 is 2.41 bits per heavy atom. The highest BCUT2D eigenvalue weighted by Gasteiger charge is 2.66. The first-order valence-electron chi connectivity index (χ1n) is 11.8. The van der Waals surface area contributed by atoms with Crippen molar-refractivity contribution in [3.8, 4) is 0 Å². The molecule has 1 atom stereocenters. The number of hydrogen-bond acceptors (Lipinski definition) is 7. The van der Waals surface area contributed by atoms with E-state index in [0.717, 1.165) is 9.21 Å². The Balaban J connectivity index is 2.04. The van der Waals surface area contributed by atoms with Crippen LogP contribution in [-0.2, 0) is 34.7 Å². The van der Waals surface area contributed by atoms with Crippen LogP contribution in [0.2, 0.25) is 0 Å². The molecular formula is C26H29N3O7S. The van der Waals surface area contributed by atoms with Gasteiger partial charge in [-0.25, -0.2) is 12.7 Å². The van der Waals surface area contributed by atoms with Crippen LogP contribution in [0.5, 0.6) is 0 Å². The Morgan fingerprint density at radius 2 is 1.76 bits per heavy atom. The molecule has 1 saturated heterocycles. The molecule has 2 heterocycles. The predicted molar refractivity (Wildman–Crippen MR) is 136 cm³/mol. The molecule has 2 aromatic carbocycles. The summed E-state index contributed by atoms with van der Waals surface area (Å²) >= 11 is 0. The van der Waals surface area contributed by atoms with Crippen LogP contribution in [0, 0.1) is 0 Å². The molecule has 2 aromatic rings. The number of benzene rings is 2. The van der Waals surface area contributed by atoms with Gasteiger partial charge in [0, 0.05) is 45.4 Å². The number of hydrogen-bond donors (Lipinski definition) is 1. The number of ketones is 1. The zero-order valence-electron chi connectivity index (χ0n) is 21.1. The minimum Gasteiger partial charge on any atom is -0.507 e. The van der Waals surface area contributed by atoms with Gasteiger partial charge in [0.15, 0.2) is 5.54 Å². The van der Waals surface area contributed by atoms with Crippen molar-refractivity contribution >= 4 is 39.1 Å². The molecule has 0 saturated carbocycles. The van der Waals surface area contributed by atoms with Crippen LogP contribution in [0.3, 0.4) is 0 Å². The number of aliphatic hydroxyl groups excluding tert-OH is 1. The summed E-state index contributed by atoms with van der Waals surface area (Å²) in [5.41, 5.74) is -1.40. The molecule has 10 nitrogen and oxygen atoms in total. The number of sulfonamides is 1. The number of carbonyl (C=O) groups is 3. The van der Waals surface area contributed by atoms with Gasteiger partial charge >= 0.3 is 0 Å². The minimum atomic E-state index is -3.86. The maximum atomic E-state index is 14.2. The molecule has 11 heteroatoms. The van der Waals surface area contributed by atoms with E-state index >= 15 is 0 Å². The predicted octanol–water partition coefficient (Wildman–Crippen LogP) is 1.92. The van der Waals surface area contributed by atoms with Gasteiger partial charge in [0.1, 0.15) is 5.76 Å². The number of amides is 2. The number of nitrogens with zero attached hydrogens (tertiary/aromatic N) is 3. The third-order valence-corrected chi connectivity index (χ3v) is 8.47. The number of rotatable bonds is 8. The van der Waals surface area contributed by atoms with Crippen molar-refractivity contribution in [2.75, 3.05) is 45.8 Å². The third kappa shape index (κ3) is 3.85. The molecular weight excluding hydrogens is 498 g/mol. The van der Waals surface area contributed by atoms with Crippen molar-refractivity contribution in [1.29, 1.82) is 0 Å². The van der Waals surface area contributed by atoms with Gasteiger partial charge in [0.2, 0.25) is 10.0 Å². The summed E-state index contributed by atoms with van der Waals surface area (Å²) in [6.45, 7) is 2.21. The van der Waals surface area contributed by atoms with Gasteiger partial charge in [-0.05, 0) is 24.6 Å². The standard InChI is InChI=1S/C26H29N3O7S/c1-5-13-28-20-12-7-6-11-19(20)26(25(28)33)21(23(31)24(32)29(26)14-15-36-4)22(30)17-9-8-10-18(16-17)37(34,35)27(2)3/h6-12,16,30H,5,13-15H2,1-4H3/b22-21+. The van der Waals surface area contributed by atoms with Crippen molar-refractivity contribution < 1.29 is 32.6 Å². The molecule has 0 radical (unpaired) electrons. The molecule has 2 amide bonds. The Hall–Kier alpha value is -3.54. The normalized spacial score (nSPS) is 20.9. The second-order valence-electron chi connectivity index (χ2n) is 9.00. The summed E-state index contributed by atoms with van der Waals surface area (Å²) in [4.78, 5) is 43.6. The fraction of sp³-hybridized carbons (Fsp3) is 0.346. The van der Waals surface area contributed by atoms with Crippen LogP contribution in [0.15, 0.2) is 59.0 Å². The third-order valence-electron chi connectivity index (χ3n) is 6.66. The highest BCUT2D eigenvalue weighted by molar-refractivity contribution is 7.89. The van der Waals surface area contributed by atoms with E-state index < -0.39 is 44.5 Å². The molecule has 37 heavy (non-hydrogen) atoms. The maximum absolute atomic E-state index is 14.2. The fourth-order valence-electron chi connectivity index (χ4n) is 4.95. The number of ether oxygens (including phenoxy) is 1. The van der Waals surface area contributed by atoms with Gasteiger partial charge in [-0.1, -0.05) is 37.3 Å². The molecule has 1 unspecified atom stereocenters. The first-order valence-corrected chi connectivity index (χ1v) is 13.2. The number of fused-ring (bicyclic) bond motifs is 2. The fourth-order valence-corrected chi connectivity index (χ4v) is 5.90. The summed E-state index contributed by atoms with van der Waals surface area (Å²) in [5, 5.41) is 11.5. The van der Waals surface area contributed by atoms with Gasteiger partial charge in [-0.3, -0.25) is 14.4 Å². The molecule has 196 valence electrons. The van der Waals surface area contributed by atoms with E-state index in [4.69, 9.17) is 4.74 Å². The van der Waals surface area contributed by atoms with Crippen molar-refractivity contribution in [1.82, 2.24) is 9.21 Å². The Bertz CT molecular complexity index is 1420. The maximum Gasteiger partial charge on any atom is 0.296 e.